The van der Waals surface area contributed by atoms with Crippen molar-refractivity contribution in [2.24, 2.45) is 5.41 Å². The Labute approximate surface area is 225 Å². The second-order valence-corrected chi connectivity index (χ2v) is 10.3. The highest BCUT2D eigenvalue weighted by Gasteiger charge is 2.37. The smallest absolute Gasteiger partial charge is 0.312 e. The highest BCUT2D eigenvalue weighted by molar-refractivity contribution is 5.76. The topological polar surface area (TPSA) is 66.8 Å². The van der Waals surface area contributed by atoms with Crippen molar-refractivity contribution >= 4 is 5.97 Å². The Bertz CT molecular complexity index is 453. The Balaban J connectivity index is 0. The number of allylic oxidation sites excluding steroid dienone is 2. The molecule has 0 aromatic rings. The van der Waals surface area contributed by atoms with Crippen LogP contribution in [-0.4, -0.2) is 36.0 Å². The van der Waals surface area contributed by atoms with Gasteiger partial charge < -0.3 is 14.9 Å². The molecule has 0 radical (unpaired) electrons. The fourth-order valence-corrected chi connectivity index (χ4v) is 4.99. The number of aliphatic hydroxyl groups is 2. The molecule has 0 fully saturated rings. The van der Waals surface area contributed by atoms with Crippen LogP contribution in [0.15, 0.2) is 12.2 Å². The Morgan fingerprint density at radius 2 is 1.00 bits per heavy atom. The highest BCUT2D eigenvalue weighted by atomic mass is 16.5. The number of ether oxygens (including phenoxy) is 1. The van der Waals surface area contributed by atoms with E-state index < -0.39 is 0 Å². The molecule has 0 bridgehead atoms. The second kappa shape index (κ2) is 30.4. The third kappa shape index (κ3) is 23.5. The number of hydrogen-bond donors (Lipinski definition) is 2. The fourth-order valence-electron chi connectivity index (χ4n) is 4.99. The summed E-state index contributed by atoms with van der Waals surface area (Å²) in [5, 5.41) is 15.2. The molecule has 0 rings (SSSR count). The molecule has 0 aromatic carbocycles. The maximum absolute atomic E-state index is 12.6. The number of carbonyl (C=O) groups is 1. The maximum atomic E-state index is 12.6. The fraction of sp³-hybridized carbons (Fsp3) is 0.906. The highest BCUT2D eigenvalue weighted by Crippen LogP contribution is 2.37. The number of carbonyl (C=O) groups excluding carboxylic acids is 1. The quantitative estimate of drug-likeness (QED) is 0.0726. The van der Waals surface area contributed by atoms with Crippen LogP contribution in [0.1, 0.15) is 163 Å². The first-order chi connectivity index (χ1) is 17.6. The zero-order valence-electron chi connectivity index (χ0n) is 24.8. The summed E-state index contributed by atoms with van der Waals surface area (Å²) in [5.74, 6) is 0.0599. The lowest BCUT2D eigenvalue weighted by Gasteiger charge is -2.31. The van der Waals surface area contributed by atoms with Crippen molar-refractivity contribution < 1.29 is 19.7 Å². The van der Waals surface area contributed by atoms with Crippen molar-refractivity contribution in [1.29, 1.82) is 0 Å². The standard InChI is InChI=1S/C30H58O2.C2H6O2/c1-5-9-10-11-12-13-14-15-16-17-18-19-20-21-22-23-24-25-28-30(26-6-2,27-7-3)29(31)32-8-4;3-1-2-4/h15-16H,5-14,17-28H2,1-4H3;3-4H,1-2H2/b16-15-;. The SMILES string of the molecule is CCCCCCCC/C=C\CCCCCCCCCCC(CCC)(CCC)C(=O)OCC.OCCO. The van der Waals surface area contributed by atoms with Gasteiger partial charge in [0.05, 0.1) is 25.2 Å². The first-order valence-electron chi connectivity index (χ1n) is 15.6. The average Bonchev–Trinajstić information content (AvgIpc) is 2.88. The van der Waals surface area contributed by atoms with Gasteiger partial charge in [-0.15, -0.1) is 0 Å². The van der Waals surface area contributed by atoms with Gasteiger partial charge in [0, 0.05) is 0 Å². The van der Waals surface area contributed by atoms with Crippen molar-refractivity contribution in [3.05, 3.63) is 12.2 Å². The lowest BCUT2D eigenvalue weighted by molar-refractivity contribution is -0.157. The van der Waals surface area contributed by atoms with Crippen LogP contribution < -0.4 is 0 Å². The molecular weight excluding hydrogens is 448 g/mol. The van der Waals surface area contributed by atoms with E-state index in [9.17, 15) is 4.79 Å². The van der Waals surface area contributed by atoms with Gasteiger partial charge in [-0.05, 0) is 51.9 Å². The number of hydrogen-bond acceptors (Lipinski definition) is 4. The van der Waals surface area contributed by atoms with Crippen molar-refractivity contribution in [2.75, 3.05) is 19.8 Å². The summed E-state index contributed by atoms with van der Waals surface area (Å²) in [5.41, 5.74) is -0.220. The third-order valence-corrected chi connectivity index (χ3v) is 6.93. The van der Waals surface area contributed by atoms with Crippen molar-refractivity contribution in [1.82, 2.24) is 0 Å². The van der Waals surface area contributed by atoms with Gasteiger partial charge in [-0.3, -0.25) is 4.79 Å². The summed E-state index contributed by atoms with van der Waals surface area (Å²) in [6.07, 6.45) is 31.4. The van der Waals surface area contributed by atoms with Gasteiger partial charge in [0.2, 0.25) is 0 Å². The Morgan fingerprint density at radius 1 is 0.583 bits per heavy atom. The van der Waals surface area contributed by atoms with Gasteiger partial charge in [0.25, 0.3) is 0 Å². The molecule has 0 atom stereocenters. The summed E-state index contributed by atoms with van der Waals surface area (Å²) < 4.78 is 5.46. The number of rotatable bonds is 25. The minimum atomic E-state index is -0.220. The van der Waals surface area contributed by atoms with E-state index in [-0.39, 0.29) is 24.6 Å². The summed E-state index contributed by atoms with van der Waals surface area (Å²) >= 11 is 0. The molecule has 0 aromatic heterocycles. The zero-order valence-corrected chi connectivity index (χ0v) is 24.8. The van der Waals surface area contributed by atoms with Crippen LogP contribution in [0.5, 0.6) is 0 Å². The second-order valence-electron chi connectivity index (χ2n) is 10.3. The molecule has 36 heavy (non-hydrogen) atoms. The summed E-state index contributed by atoms with van der Waals surface area (Å²) in [7, 11) is 0. The van der Waals surface area contributed by atoms with Crippen molar-refractivity contribution in [3.8, 4) is 0 Å². The Hall–Kier alpha value is -0.870. The van der Waals surface area contributed by atoms with Gasteiger partial charge in [0.1, 0.15) is 0 Å². The van der Waals surface area contributed by atoms with Crippen molar-refractivity contribution in [2.45, 2.75) is 163 Å². The van der Waals surface area contributed by atoms with E-state index in [2.05, 4.69) is 32.9 Å². The molecular formula is C32H64O4. The number of esters is 1. The molecule has 0 amide bonds. The maximum Gasteiger partial charge on any atom is 0.312 e. The minimum Gasteiger partial charge on any atom is -0.466 e. The van der Waals surface area contributed by atoms with E-state index in [0.29, 0.717) is 6.61 Å². The van der Waals surface area contributed by atoms with Gasteiger partial charge in [-0.1, -0.05) is 123 Å². The summed E-state index contributed by atoms with van der Waals surface area (Å²) in [6.45, 7) is 8.84. The third-order valence-electron chi connectivity index (χ3n) is 6.93. The molecule has 0 saturated carbocycles. The lowest BCUT2D eigenvalue weighted by Crippen LogP contribution is -2.33. The Morgan fingerprint density at radius 3 is 1.39 bits per heavy atom. The lowest BCUT2D eigenvalue weighted by atomic mass is 9.75. The van der Waals surface area contributed by atoms with E-state index >= 15 is 0 Å². The number of unbranched alkanes of at least 4 members (excludes halogenated alkanes) is 14. The normalized spacial score (nSPS) is 11.5. The molecule has 0 aliphatic rings. The van der Waals surface area contributed by atoms with E-state index in [1.165, 1.54) is 103 Å². The van der Waals surface area contributed by atoms with Crippen LogP contribution in [0.3, 0.4) is 0 Å². The van der Waals surface area contributed by atoms with Gasteiger partial charge in [-0.2, -0.15) is 0 Å². The summed E-state index contributed by atoms with van der Waals surface area (Å²) in [4.78, 5) is 12.6. The molecule has 0 aliphatic carbocycles. The molecule has 0 saturated heterocycles. The monoisotopic (exact) mass is 512 g/mol. The number of aliphatic hydroxyl groups excluding tert-OH is 2. The minimum absolute atomic E-state index is 0.0599. The summed E-state index contributed by atoms with van der Waals surface area (Å²) in [6, 6.07) is 0. The molecule has 4 heteroatoms. The molecule has 4 nitrogen and oxygen atoms in total. The van der Waals surface area contributed by atoms with Crippen LogP contribution in [-0.2, 0) is 9.53 Å². The predicted octanol–water partition coefficient (Wildman–Crippen LogP) is 9.31. The van der Waals surface area contributed by atoms with E-state index in [4.69, 9.17) is 14.9 Å². The zero-order chi connectivity index (χ0) is 27.2. The van der Waals surface area contributed by atoms with Crippen LogP contribution in [0.25, 0.3) is 0 Å². The van der Waals surface area contributed by atoms with Crippen LogP contribution in [0.4, 0.5) is 0 Å². The molecule has 216 valence electrons. The van der Waals surface area contributed by atoms with Crippen LogP contribution in [0, 0.1) is 5.41 Å². The van der Waals surface area contributed by atoms with Crippen LogP contribution >= 0.6 is 0 Å². The van der Waals surface area contributed by atoms with Gasteiger partial charge in [-0.25, -0.2) is 0 Å². The van der Waals surface area contributed by atoms with Gasteiger partial charge >= 0.3 is 5.97 Å². The van der Waals surface area contributed by atoms with E-state index in [0.717, 1.165) is 32.1 Å². The average molecular weight is 513 g/mol. The Kier molecular flexibility index (Phi) is 31.4. The molecule has 2 N–H and O–H groups in total. The van der Waals surface area contributed by atoms with Crippen LogP contribution in [0.2, 0.25) is 0 Å². The predicted molar refractivity (Wildman–Crippen MR) is 156 cm³/mol. The first-order valence-corrected chi connectivity index (χ1v) is 15.6. The molecule has 0 unspecified atom stereocenters. The van der Waals surface area contributed by atoms with E-state index in [1.54, 1.807) is 0 Å². The van der Waals surface area contributed by atoms with Gasteiger partial charge in [0.15, 0.2) is 0 Å². The molecule has 0 heterocycles. The largest absolute Gasteiger partial charge is 0.466 e. The first kappa shape index (κ1) is 37.3. The molecule has 0 aliphatic heterocycles. The van der Waals surface area contributed by atoms with Crippen molar-refractivity contribution in [3.63, 3.8) is 0 Å². The molecule has 0 spiro atoms. The van der Waals surface area contributed by atoms with E-state index in [1.807, 2.05) is 6.92 Å².